The van der Waals surface area contributed by atoms with E-state index >= 15 is 0 Å². The summed E-state index contributed by atoms with van der Waals surface area (Å²) in [6.07, 6.45) is 0. The zero-order valence-corrected chi connectivity index (χ0v) is 12.5. The molecule has 0 aliphatic rings. The predicted octanol–water partition coefficient (Wildman–Crippen LogP) is 4.97. The molecule has 2 aromatic rings. The normalized spacial score (nSPS) is 10.7. The number of rotatable bonds is 5. The SMILES string of the molecule is Cc1ccc(NCc2cc(Br)ccc2OC(F)F)cc1. The Hall–Kier alpha value is -1.62. The average Bonchev–Trinajstić information content (AvgIpc) is 2.40. The Kier molecular flexibility index (Phi) is 4.95. The van der Waals surface area contributed by atoms with E-state index < -0.39 is 6.61 Å². The summed E-state index contributed by atoms with van der Waals surface area (Å²) in [5, 5.41) is 3.18. The van der Waals surface area contributed by atoms with Gasteiger partial charge < -0.3 is 10.1 Å². The molecule has 0 aliphatic carbocycles. The van der Waals surface area contributed by atoms with Crippen LogP contribution in [0.15, 0.2) is 46.9 Å². The number of benzene rings is 2. The van der Waals surface area contributed by atoms with Gasteiger partial charge in [-0.25, -0.2) is 0 Å². The number of alkyl halides is 2. The van der Waals surface area contributed by atoms with E-state index in [1.165, 1.54) is 11.6 Å². The van der Waals surface area contributed by atoms with E-state index in [-0.39, 0.29) is 5.75 Å². The number of hydrogen-bond acceptors (Lipinski definition) is 2. The van der Waals surface area contributed by atoms with E-state index in [4.69, 9.17) is 0 Å². The molecule has 2 nitrogen and oxygen atoms in total. The van der Waals surface area contributed by atoms with Gasteiger partial charge in [-0.1, -0.05) is 33.6 Å². The molecule has 106 valence electrons. The first-order valence-electron chi connectivity index (χ1n) is 6.08. The fourth-order valence-corrected chi connectivity index (χ4v) is 2.17. The lowest BCUT2D eigenvalue weighted by atomic mass is 10.2. The first-order chi connectivity index (χ1) is 9.54. The molecule has 0 unspecified atom stereocenters. The molecule has 0 radical (unpaired) electrons. The summed E-state index contributed by atoms with van der Waals surface area (Å²) in [5.41, 5.74) is 2.76. The Morgan fingerprint density at radius 2 is 1.85 bits per heavy atom. The minimum atomic E-state index is -2.82. The van der Waals surface area contributed by atoms with Crippen LogP contribution >= 0.6 is 15.9 Å². The van der Waals surface area contributed by atoms with E-state index in [0.717, 1.165) is 10.2 Å². The Morgan fingerprint density at radius 3 is 2.50 bits per heavy atom. The van der Waals surface area contributed by atoms with Crippen molar-refractivity contribution in [1.29, 1.82) is 0 Å². The molecule has 2 rings (SSSR count). The van der Waals surface area contributed by atoms with Gasteiger partial charge in [-0.2, -0.15) is 8.78 Å². The van der Waals surface area contributed by atoms with E-state index in [2.05, 4.69) is 26.0 Å². The van der Waals surface area contributed by atoms with Crippen molar-refractivity contribution in [2.75, 3.05) is 5.32 Å². The maximum Gasteiger partial charge on any atom is 0.387 e. The maximum absolute atomic E-state index is 12.4. The number of ether oxygens (including phenoxy) is 1. The minimum absolute atomic E-state index is 0.183. The molecule has 0 fully saturated rings. The molecule has 5 heteroatoms. The lowest BCUT2D eigenvalue weighted by Crippen LogP contribution is -2.07. The van der Waals surface area contributed by atoms with Crippen molar-refractivity contribution in [3.05, 3.63) is 58.1 Å². The van der Waals surface area contributed by atoms with Crippen LogP contribution in [0.25, 0.3) is 0 Å². The summed E-state index contributed by atoms with van der Waals surface area (Å²) in [6, 6.07) is 12.8. The van der Waals surface area contributed by atoms with Gasteiger partial charge in [-0.3, -0.25) is 0 Å². The molecule has 0 saturated carbocycles. The molecular weight excluding hydrogens is 328 g/mol. The highest BCUT2D eigenvalue weighted by Gasteiger charge is 2.10. The second-order valence-electron chi connectivity index (χ2n) is 4.35. The highest BCUT2D eigenvalue weighted by atomic mass is 79.9. The minimum Gasteiger partial charge on any atom is -0.434 e. The second-order valence-corrected chi connectivity index (χ2v) is 5.27. The van der Waals surface area contributed by atoms with Gasteiger partial charge in [-0.15, -0.1) is 0 Å². The molecule has 0 aromatic heterocycles. The van der Waals surface area contributed by atoms with Crippen LogP contribution in [0, 0.1) is 6.92 Å². The molecular formula is C15H14BrF2NO. The average molecular weight is 342 g/mol. The van der Waals surface area contributed by atoms with Gasteiger partial charge in [0.2, 0.25) is 0 Å². The van der Waals surface area contributed by atoms with Crippen molar-refractivity contribution in [3.63, 3.8) is 0 Å². The van der Waals surface area contributed by atoms with E-state index in [0.29, 0.717) is 12.1 Å². The van der Waals surface area contributed by atoms with Crippen LogP contribution in [0.3, 0.4) is 0 Å². The molecule has 2 aromatic carbocycles. The topological polar surface area (TPSA) is 21.3 Å². The van der Waals surface area contributed by atoms with Crippen LogP contribution in [-0.2, 0) is 6.54 Å². The Bertz CT molecular complexity index is 573. The van der Waals surface area contributed by atoms with Crippen molar-refractivity contribution in [2.45, 2.75) is 20.1 Å². The summed E-state index contributed by atoms with van der Waals surface area (Å²) in [5.74, 6) is 0.183. The van der Waals surface area contributed by atoms with Crippen molar-refractivity contribution in [1.82, 2.24) is 0 Å². The standard InChI is InChI=1S/C15H14BrF2NO/c1-10-2-5-13(6-3-10)19-9-11-8-12(16)4-7-14(11)20-15(17)18/h2-8,15,19H,9H2,1H3. The lowest BCUT2D eigenvalue weighted by Gasteiger charge is -2.13. The molecule has 0 saturated heterocycles. The van der Waals surface area contributed by atoms with E-state index in [9.17, 15) is 8.78 Å². The second kappa shape index (κ2) is 6.70. The smallest absolute Gasteiger partial charge is 0.387 e. The zero-order valence-electron chi connectivity index (χ0n) is 10.9. The molecule has 0 bridgehead atoms. The molecule has 0 amide bonds. The number of anilines is 1. The van der Waals surface area contributed by atoms with Gasteiger partial charge in [-0.05, 0) is 37.3 Å². The lowest BCUT2D eigenvalue weighted by molar-refractivity contribution is -0.0504. The van der Waals surface area contributed by atoms with Gasteiger partial charge in [0.15, 0.2) is 0 Å². The van der Waals surface area contributed by atoms with Crippen molar-refractivity contribution in [3.8, 4) is 5.75 Å². The Labute approximate surface area is 124 Å². The monoisotopic (exact) mass is 341 g/mol. The van der Waals surface area contributed by atoms with Crippen molar-refractivity contribution in [2.24, 2.45) is 0 Å². The van der Waals surface area contributed by atoms with Crippen LogP contribution in [0.1, 0.15) is 11.1 Å². The predicted molar refractivity (Wildman–Crippen MR) is 79.3 cm³/mol. The molecule has 0 heterocycles. The molecule has 0 atom stereocenters. The summed E-state index contributed by atoms with van der Waals surface area (Å²) in [4.78, 5) is 0. The fourth-order valence-electron chi connectivity index (χ4n) is 1.77. The molecule has 1 N–H and O–H groups in total. The largest absolute Gasteiger partial charge is 0.434 e. The number of aryl methyl sites for hydroxylation is 1. The van der Waals surface area contributed by atoms with E-state index in [1.54, 1.807) is 12.1 Å². The van der Waals surface area contributed by atoms with Gasteiger partial charge in [0.25, 0.3) is 0 Å². The Balaban J connectivity index is 2.11. The van der Waals surface area contributed by atoms with Gasteiger partial charge in [0.05, 0.1) is 0 Å². The summed E-state index contributed by atoms with van der Waals surface area (Å²) < 4.78 is 30.0. The highest BCUT2D eigenvalue weighted by molar-refractivity contribution is 9.10. The third-order valence-corrected chi connectivity index (χ3v) is 3.27. The van der Waals surface area contributed by atoms with Crippen molar-refractivity contribution < 1.29 is 13.5 Å². The summed E-state index contributed by atoms with van der Waals surface area (Å²) >= 11 is 3.33. The first-order valence-corrected chi connectivity index (χ1v) is 6.87. The summed E-state index contributed by atoms with van der Waals surface area (Å²) in [7, 11) is 0. The third kappa shape index (κ3) is 4.20. The Morgan fingerprint density at radius 1 is 1.15 bits per heavy atom. The maximum atomic E-state index is 12.4. The van der Waals surface area contributed by atoms with Crippen molar-refractivity contribution >= 4 is 21.6 Å². The third-order valence-electron chi connectivity index (χ3n) is 2.77. The first kappa shape index (κ1) is 14.8. The molecule has 0 spiro atoms. The van der Waals surface area contributed by atoms with Crippen LogP contribution in [0.5, 0.6) is 5.75 Å². The summed E-state index contributed by atoms with van der Waals surface area (Å²) in [6.45, 7) is -0.411. The quantitative estimate of drug-likeness (QED) is 0.828. The van der Waals surface area contributed by atoms with Crippen LogP contribution in [-0.4, -0.2) is 6.61 Å². The number of nitrogens with one attached hydrogen (secondary N) is 1. The molecule has 20 heavy (non-hydrogen) atoms. The highest BCUT2D eigenvalue weighted by Crippen LogP contribution is 2.25. The fraction of sp³-hybridized carbons (Fsp3) is 0.200. The van der Waals surface area contributed by atoms with Gasteiger partial charge in [0, 0.05) is 22.3 Å². The van der Waals surface area contributed by atoms with Gasteiger partial charge in [0.1, 0.15) is 5.75 Å². The van der Waals surface area contributed by atoms with Crippen LogP contribution in [0.4, 0.5) is 14.5 Å². The van der Waals surface area contributed by atoms with Crippen LogP contribution < -0.4 is 10.1 Å². The number of hydrogen-bond donors (Lipinski definition) is 1. The van der Waals surface area contributed by atoms with E-state index in [1.807, 2.05) is 31.2 Å². The zero-order chi connectivity index (χ0) is 14.5. The van der Waals surface area contributed by atoms with Gasteiger partial charge >= 0.3 is 6.61 Å². The number of halogens is 3. The molecule has 0 aliphatic heterocycles. The van der Waals surface area contributed by atoms with Crippen LogP contribution in [0.2, 0.25) is 0 Å².